The van der Waals surface area contributed by atoms with Crippen molar-refractivity contribution in [2.24, 2.45) is 0 Å². The topological polar surface area (TPSA) is 24.9 Å². The molecule has 0 aliphatic rings. The van der Waals surface area contributed by atoms with Gasteiger partial charge in [-0.3, -0.25) is 4.98 Å². The third kappa shape index (κ3) is 2.88. The molecule has 2 rings (SSSR count). The van der Waals surface area contributed by atoms with Gasteiger partial charge in [-0.25, -0.2) is 0 Å². The molecule has 0 aromatic carbocycles. The molecule has 3 heteroatoms. The first-order chi connectivity index (χ1) is 7.36. The van der Waals surface area contributed by atoms with Crippen LogP contribution in [0.4, 0.5) is 0 Å². The van der Waals surface area contributed by atoms with E-state index in [2.05, 4.69) is 40.1 Å². The molecule has 2 nitrogen and oxygen atoms in total. The van der Waals surface area contributed by atoms with Crippen LogP contribution in [0.5, 0.6) is 0 Å². The molecule has 0 aliphatic carbocycles. The molecule has 0 spiro atoms. The van der Waals surface area contributed by atoms with Crippen molar-refractivity contribution in [2.75, 3.05) is 0 Å². The molecule has 2 aromatic rings. The average Bonchev–Trinajstić information content (AvgIpc) is 2.80. The lowest BCUT2D eigenvalue weighted by Crippen LogP contribution is -2.17. The number of thiophene rings is 1. The average molecular weight is 218 g/mol. The Morgan fingerprint density at radius 3 is 3.07 bits per heavy atom. The van der Waals surface area contributed by atoms with E-state index in [1.165, 1.54) is 11.1 Å². The molecule has 0 unspecified atom stereocenters. The fourth-order valence-electron chi connectivity index (χ4n) is 1.41. The highest BCUT2D eigenvalue weighted by molar-refractivity contribution is 7.07. The summed E-state index contributed by atoms with van der Waals surface area (Å²) < 4.78 is 0. The minimum atomic E-state index is 0.346. The van der Waals surface area contributed by atoms with Gasteiger partial charge < -0.3 is 5.32 Å². The van der Waals surface area contributed by atoms with Gasteiger partial charge in [0.1, 0.15) is 0 Å². The zero-order valence-corrected chi connectivity index (χ0v) is 9.50. The highest BCUT2D eigenvalue weighted by atomic mass is 32.1. The lowest BCUT2D eigenvalue weighted by molar-refractivity contribution is 0.574. The zero-order chi connectivity index (χ0) is 10.5. The second-order valence-electron chi connectivity index (χ2n) is 3.52. The Morgan fingerprint density at radius 1 is 1.47 bits per heavy atom. The van der Waals surface area contributed by atoms with Crippen molar-refractivity contribution in [2.45, 2.75) is 19.5 Å². The van der Waals surface area contributed by atoms with E-state index < -0.39 is 0 Å². The van der Waals surface area contributed by atoms with Crippen LogP contribution in [0.3, 0.4) is 0 Å². The minimum Gasteiger partial charge on any atom is -0.306 e. The summed E-state index contributed by atoms with van der Waals surface area (Å²) in [7, 11) is 0. The van der Waals surface area contributed by atoms with E-state index in [1.54, 1.807) is 17.5 Å². The Bertz CT molecular complexity index is 383. The SMILES string of the molecule is C[C@H](NCc1ccsc1)c1cccnc1. The van der Waals surface area contributed by atoms with Crippen LogP contribution in [-0.2, 0) is 6.54 Å². The molecule has 0 fully saturated rings. The lowest BCUT2D eigenvalue weighted by atomic mass is 10.1. The van der Waals surface area contributed by atoms with Gasteiger partial charge in [-0.2, -0.15) is 11.3 Å². The number of hydrogen-bond acceptors (Lipinski definition) is 3. The normalized spacial score (nSPS) is 12.6. The van der Waals surface area contributed by atoms with Crippen LogP contribution in [0.15, 0.2) is 41.4 Å². The van der Waals surface area contributed by atoms with Crippen molar-refractivity contribution >= 4 is 11.3 Å². The maximum atomic E-state index is 4.11. The van der Waals surface area contributed by atoms with Crippen LogP contribution in [0.2, 0.25) is 0 Å². The van der Waals surface area contributed by atoms with Crippen molar-refractivity contribution < 1.29 is 0 Å². The van der Waals surface area contributed by atoms with E-state index in [0.29, 0.717) is 6.04 Å². The summed E-state index contributed by atoms with van der Waals surface area (Å²) in [4.78, 5) is 4.11. The van der Waals surface area contributed by atoms with Gasteiger partial charge >= 0.3 is 0 Å². The van der Waals surface area contributed by atoms with E-state index in [1.807, 2.05) is 12.3 Å². The summed E-state index contributed by atoms with van der Waals surface area (Å²) >= 11 is 1.73. The van der Waals surface area contributed by atoms with E-state index in [-0.39, 0.29) is 0 Å². The van der Waals surface area contributed by atoms with Gasteiger partial charge in [0.15, 0.2) is 0 Å². The van der Waals surface area contributed by atoms with Crippen molar-refractivity contribution in [1.29, 1.82) is 0 Å². The molecule has 2 aromatic heterocycles. The Balaban J connectivity index is 1.90. The van der Waals surface area contributed by atoms with Gasteiger partial charge in [0.05, 0.1) is 0 Å². The molecule has 15 heavy (non-hydrogen) atoms. The number of hydrogen-bond donors (Lipinski definition) is 1. The minimum absolute atomic E-state index is 0.346. The van der Waals surface area contributed by atoms with Crippen LogP contribution in [0.1, 0.15) is 24.1 Å². The Labute approximate surface area is 94.0 Å². The Morgan fingerprint density at radius 2 is 2.40 bits per heavy atom. The standard InChI is InChI=1S/C12H14N2S/c1-10(12-3-2-5-13-8-12)14-7-11-4-6-15-9-11/h2-6,8-10,14H,7H2,1H3/t10-/m0/s1. The first kappa shape index (κ1) is 10.3. The third-order valence-corrected chi connectivity index (χ3v) is 3.11. The Hall–Kier alpha value is -1.19. The van der Waals surface area contributed by atoms with E-state index in [9.17, 15) is 0 Å². The van der Waals surface area contributed by atoms with Crippen molar-refractivity contribution in [3.8, 4) is 0 Å². The predicted octanol–water partition coefficient (Wildman–Crippen LogP) is 2.99. The molecular formula is C12H14N2S. The predicted molar refractivity (Wildman–Crippen MR) is 63.8 cm³/mol. The lowest BCUT2D eigenvalue weighted by Gasteiger charge is -2.12. The second kappa shape index (κ2) is 5.05. The number of aromatic nitrogens is 1. The molecule has 1 atom stereocenters. The van der Waals surface area contributed by atoms with Gasteiger partial charge in [-0.1, -0.05) is 6.07 Å². The van der Waals surface area contributed by atoms with E-state index in [4.69, 9.17) is 0 Å². The number of nitrogens with one attached hydrogen (secondary N) is 1. The number of pyridine rings is 1. The van der Waals surface area contributed by atoms with Crippen LogP contribution < -0.4 is 5.32 Å². The summed E-state index contributed by atoms with van der Waals surface area (Å²) in [6.45, 7) is 3.07. The highest BCUT2D eigenvalue weighted by Gasteiger charge is 2.03. The fraction of sp³-hybridized carbons (Fsp3) is 0.250. The van der Waals surface area contributed by atoms with Gasteiger partial charge in [0.2, 0.25) is 0 Å². The van der Waals surface area contributed by atoms with Crippen molar-refractivity contribution in [3.63, 3.8) is 0 Å². The maximum Gasteiger partial charge on any atom is 0.0315 e. The smallest absolute Gasteiger partial charge is 0.0315 e. The largest absolute Gasteiger partial charge is 0.306 e. The van der Waals surface area contributed by atoms with Gasteiger partial charge in [0.25, 0.3) is 0 Å². The quantitative estimate of drug-likeness (QED) is 0.853. The summed E-state index contributed by atoms with van der Waals surface area (Å²) in [6, 6.07) is 6.56. The molecule has 2 heterocycles. The molecular weight excluding hydrogens is 204 g/mol. The Kier molecular flexibility index (Phi) is 3.48. The van der Waals surface area contributed by atoms with Crippen LogP contribution >= 0.6 is 11.3 Å². The number of rotatable bonds is 4. The third-order valence-electron chi connectivity index (χ3n) is 2.38. The summed E-state index contributed by atoms with van der Waals surface area (Å²) in [5, 5.41) is 7.74. The molecule has 0 amide bonds. The first-order valence-corrected chi connectivity index (χ1v) is 5.95. The maximum absolute atomic E-state index is 4.11. The fourth-order valence-corrected chi connectivity index (χ4v) is 2.08. The monoisotopic (exact) mass is 218 g/mol. The van der Waals surface area contributed by atoms with Gasteiger partial charge in [0, 0.05) is 25.0 Å². The van der Waals surface area contributed by atoms with E-state index in [0.717, 1.165) is 6.54 Å². The molecule has 0 saturated carbocycles. The van der Waals surface area contributed by atoms with Crippen LogP contribution in [0.25, 0.3) is 0 Å². The van der Waals surface area contributed by atoms with E-state index >= 15 is 0 Å². The molecule has 0 radical (unpaired) electrons. The summed E-state index contributed by atoms with van der Waals surface area (Å²) in [5.41, 5.74) is 2.57. The summed E-state index contributed by atoms with van der Waals surface area (Å²) in [6.07, 6.45) is 3.71. The molecule has 0 bridgehead atoms. The van der Waals surface area contributed by atoms with Crippen LogP contribution in [0, 0.1) is 0 Å². The van der Waals surface area contributed by atoms with Crippen LogP contribution in [-0.4, -0.2) is 4.98 Å². The molecule has 1 N–H and O–H groups in total. The van der Waals surface area contributed by atoms with Gasteiger partial charge in [-0.15, -0.1) is 0 Å². The zero-order valence-electron chi connectivity index (χ0n) is 8.68. The number of nitrogens with zero attached hydrogens (tertiary/aromatic N) is 1. The molecule has 78 valence electrons. The van der Waals surface area contributed by atoms with Crippen molar-refractivity contribution in [3.05, 3.63) is 52.5 Å². The summed E-state index contributed by atoms with van der Waals surface area (Å²) in [5.74, 6) is 0. The highest BCUT2D eigenvalue weighted by Crippen LogP contribution is 2.12. The molecule has 0 saturated heterocycles. The second-order valence-corrected chi connectivity index (χ2v) is 4.30. The van der Waals surface area contributed by atoms with Crippen molar-refractivity contribution in [1.82, 2.24) is 10.3 Å². The van der Waals surface area contributed by atoms with Gasteiger partial charge in [-0.05, 0) is 40.9 Å². The first-order valence-electron chi connectivity index (χ1n) is 5.00. The molecule has 0 aliphatic heterocycles.